The van der Waals surface area contributed by atoms with Gasteiger partial charge < -0.3 is 25.4 Å². The quantitative estimate of drug-likeness (QED) is 0.182. The van der Waals surface area contributed by atoms with Crippen molar-refractivity contribution in [1.82, 2.24) is 20.6 Å². The summed E-state index contributed by atoms with van der Waals surface area (Å²) in [7, 11) is 5.68. The first-order chi connectivity index (χ1) is 25.3. The second-order valence-corrected chi connectivity index (χ2v) is 16.9. The molecule has 1 heterocycles. The Kier molecular flexibility index (Phi) is 12.0. The van der Waals surface area contributed by atoms with Crippen LogP contribution >= 0.6 is 0 Å². The van der Waals surface area contributed by atoms with Gasteiger partial charge in [0.1, 0.15) is 17.9 Å². The maximum absolute atomic E-state index is 14.3. The van der Waals surface area contributed by atoms with Crippen LogP contribution in [0.5, 0.6) is 5.75 Å². The van der Waals surface area contributed by atoms with Crippen LogP contribution in [-0.4, -0.2) is 85.5 Å². The minimum Gasteiger partial charge on any atom is -0.496 e. The van der Waals surface area contributed by atoms with Crippen molar-refractivity contribution in [2.24, 2.45) is 35.0 Å². The highest BCUT2D eigenvalue weighted by atomic mass is 16.7. The largest absolute Gasteiger partial charge is 0.496 e. The fraction of sp³-hybridized carbons (Fsp3) is 0.545. The molecule has 1 aliphatic heterocycles. The van der Waals surface area contributed by atoms with E-state index in [-0.39, 0.29) is 42.3 Å². The molecular weight excluding hydrogens is 665 g/mol. The summed E-state index contributed by atoms with van der Waals surface area (Å²) in [6.07, 6.45) is 2.50. The molecule has 3 aromatic rings. The molecule has 9 heteroatoms. The van der Waals surface area contributed by atoms with Gasteiger partial charge in [-0.05, 0) is 85.7 Å². The molecule has 0 spiro atoms. The van der Waals surface area contributed by atoms with Crippen molar-refractivity contribution in [3.05, 3.63) is 89.5 Å². The van der Waals surface area contributed by atoms with E-state index in [1.165, 1.54) is 12.0 Å². The minimum atomic E-state index is -0.560. The lowest BCUT2D eigenvalue weighted by Gasteiger charge is -2.62. The molecule has 3 N–H and O–H groups in total. The monoisotopic (exact) mass is 724 g/mol. The summed E-state index contributed by atoms with van der Waals surface area (Å²) < 4.78 is 6.04. The van der Waals surface area contributed by atoms with Gasteiger partial charge in [-0.15, -0.1) is 0 Å². The summed E-state index contributed by atoms with van der Waals surface area (Å²) in [4.78, 5) is 36.2. The lowest BCUT2D eigenvalue weighted by Crippen LogP contribution is -2.62. The van der Waals surface area contributed by atoms with Gasteiger partial charge in [0, 0.05) is 41.2 Å². The molecule has 3 aliphatic carbocycles. The molecule has 1 saturated heterocycles. The summed E-state index contributed by atoms with van der Waals surface area (Å²) in [5, 5.41) is 18.9. The number of fused-ring (bicyclic) bond motifs is 2. The first-order valence-corrected chi connectivity index (χ1v) is 19.4. The number of benzene rings is 3. The topological polar surface area (TPSA) is 103 Å². The third-order valence-electron chi connectivity index (χ3n) is 12.6. The van der Waals surface area contributed by atoms with Gasteiger partial charge in [-0.1, -0.05) is 95.3 Å². The number of carbonyl (C=O) groups is 2. The number of hydroxylamine groups is 2. The van der Waals surface area contributed by atoms with Crippen LogP contribution in [0.4, 0.5) is 0 Å². The van der Waals surface area contributed by atoms with E-state index in [1.54, 1.807) is 12.2 Å². The lowest BCUT2D eigenvalue weighted by molar-refractivity contribution is -0.183. The molecule has 4 fully saturated rings. The number of methoxy groups -OCH3 is 1. The van der Waals surface area contributed by atoms with E-state index in [4.69, 9.17) is 9.57 Å². The third kappa shape index (κ3) is 8.19. The van der Waals surface area contributed by atoms with Crippen LogP contribution in [0.2, 0.25) is 0 Å². The molecule has 3 saturated carbocycles. The lowest BCUT2D eigenvalue weighted by atomic mass is 9.45. The number of ether oxygens (including phenoxy) is 1. The van der Waals surface area contributed by atoms with Gasteiger partial charge in [-0.3, -0.25) is 14.4 Å². The van der Waals surface area contributed by atoms with Crippen LogP contribution in [0.1, 0.15) is 68.9 Å². The van der Waals surface area contributed by atoms with Crippen LogP contribution in [0.3, 0.4) is 0 Å². The van der Waals surface area contributed by atoms with Gasteiger partial charge in [-0.25, -0.2) is 0 Å². The molecule has 4 aliphatic rings. The number of aliphatic hydroxyl groups excluding tert-OH is 1. The highest BCUT2D eigenvalue weighted by molar-refractivity contribution is 5.95. The van der Waals surface area contributed by atoms with E-state index < -0.39 is 12.1 Å². The van der Waals surface area contributed by atoms with Gasteiger partial charge >= 0.3 is 0 Å². The first-order valence-electron chi connectivity index (χ1n) is 19.4. The van der Waals surface area contributed by atoms with Crippen molar-refractivity contribution in [2.75, 3.05) is 34.4 Å². The Labute approximate surface area is 316 Å². The Morgan fingerprint density at radius 3 is 2.34 bits per heavy atom. The fourth-order valence-corrected chi connectivity index (χ4v) is 9.62. The number of nitrogens with one attached hydrogen (secondary N) is 2. The third-order valence-corrected chi connectivity index (χ3v) is 12.6. The van der Waals surface area contributed by atoms with Crippen LogP contribution in [-0.2, 0) is 22.6 Å². The summed E-state index contributed by atoms with van der Waals surface area (Å²) >= 11 is 0. The summed E-state index contributed by atoms with van der Waals surface area (Å²) in [6.45, 7) is 12.1. The molecule has 2 amide bonds. The predicted molar refractivity (Wildman–Crippen MR) is 209 cm³/mol. The zero-order valence-corrected chi connectivity index (χ0v) is 32.8. The molecule has 3 aromatic carbocycles. The standard InChI is InChI=1S/C44H60N4O5/c1-27(2)39-38(26-49)53-48(40(39)43(51)46-37-23-33-22-36(28(37)3)44(33,4)5)24-32-15-12-16-35(41(32)52-8)30-17-19-31(20-18-30)42(50)45-34(25-47(6)7)21-29-13-10-9-11-14-29/h9-20,27-28,33-34,36-40,49H,21-26H2,1-8H3,(H,45,50)(H,46,51)/t28-,33+,34-,36-,37-,38-,39+,40-/m0/s1. The number of likely N-dealkylation sites (N-methyl/N-ethyl adjacent to an activating group) is 1. The maximum Gasteiger partial charge on any atom is 0.251 e. The molecule has 9 nitrogen and oxygen atoms in total. The molecule has 0 unspecified atom stereocenters. The van der Waals surface area contributed by atoms with E-state index in [0.29, 0.717) is 41.0 Å². The van der Waals surface area contributed by atoms with Crippen molar-refractivity contribution in [1.29, 1.82) is 0 Å². The molecule has 0 radical (unpaired) electrons. The van der Waals surface area contributed by atoms with Crippen molar-refractivity contribution in [3.8, 4) is 16.9 Å². The molecule has 7 rings (SSSR count). The van der Waals surface area contributed by atoms with Gasteiger partial charge in [0.15, 0.2) is 0 Å². The Hall–Kier alpha value is -3.76. The van der Waals surface area contributed by atoms with Crippen molar-refractivity contribution in [2.45, 2.75) is 84.7 Å². The minimum absolute atomic E-state index is 0.0313. The summed E-state index contributed by atoms with van der Waals surface area (Å²) in [5.74, 6) is 2.12. The molecule has 8 atom stereocenters. The molecule has 2 bridgehead atoms. The van der Waals surface area contributed by atoms with Crippen LogP contribution in [0.25, 0.3) is 11.1 Å². The van der Waals surface area contributed by atoms with Crippen molar-refractivity contribution in [3.63, 3.8) is 0 Å². The number of carbonyl (C=O) groups excluding carboxylic acids is 2. The van der Waals surface area contributed by atoms with Crippen LogP contribution in [0, 0.1) is 35.0 Å². The van der Waals surface area contributed by atoms with E-state index in [9.17, 15) is 14.7 Å². The zero-order valence-electron chi connectivity index (χ0n) is 32.8. The first kappa shape index (κ1) is 38.9. The van der Waals surface area contributed by atoms with E-state index in [1.807, 2.05) is 74.8 Å². The highest BCUT2D eigenvalue weighted by Crippen LogP contribution is 2.61. The summed E-state index contributed by atoms with van der Waals surface area (Å²) in [6, 6.07) is 23.3. The Morgan fingerprint density at radius 2 is 1.74 bits per heavy atom. The Balaban J connectivity index is 1.19. The fourth-order valence-electron chi connectivity index (χ4n) is 9.62. The van der Waals surface area contributed by atoms with Gasteiger partial charge in [0.25, 0.3) is 5.91 Å². The SMILES string of the molecule is COc1c(CN2O[C@@H](CO)[C@@H](C(C)C)[C@H]2C(=O)N[C@H]2C[C@H]3C[C@@H]([C@@H]2C)C3(C)C)cccc1-c1ccc(C(=O)N[C@@H](Cc2ccccc2)CN(C)C)cc1. The summed E-state index contributed by atoms with van der Waals surface area (Å²) in [5.41, 5.74) is 4.75. The zero-order chi connectivity index (χ0) is 38.0. The van der Waals surface area contributed by atoms with Crippen LogP contribution in [0.15, 0.2) is 72.8 Å². The van der Waals surface area contributed by atoms with E-state index >= 15 is 0 Å². The van der Waals surface area contributed by atoms with E-state index in [0.717, 1.165) is 36.1 Å². The molecular formula is C44H60N4O5. The molecule has 53 heavy (non-hydrogen) atoms. The van der Waals surface area contributed by atoms with Crippen molar-refractivity contribution < 1.29 is 24.3 Å². The highest BCUT2D eigenvalue weighted by Gasteiger charge is 2.57. The predicted octanol–water partition coefficient (Wildman–Crippen LogP) is 6.20. The smallest absolute Gasteiger partial charge is 0.251 e. The number of nitrogens with zero attached hydrogens (tertiary/aromatic N) is 2. The number of hydrogen-bond donors (Lipinski definition) is 3. The van der Waals surface area contributed by atoms with E-state index in [2.05, 4.69) is 62.3 Å². The van der Waals surface area contributed by atoms with Gasteiger partial charge in [0.2, 0.25) is 5.91 Å². The number of hydrogen-bond acceptors (Lipinski definition) is 7. The van der Waals surface area contributed by atoms with Crippen molar-refractivity contribution >= 4 is 11.8 Å². The van der Waals surface area contributed by atoms with Gasteiger partial charge in [0.05, 0.1) is 20.3 Å². The maximum atomic E-state index is 14.3. The van der Waals surface area contributed by atoms with Crippen LogP contribution < -0.4 is 15.4 Å². The average molecular weight is 725 g/mol. The number of para-hydroxylation sites is 1. The Morgan fingerprint density at radius 1 is 1.02 bits per heavy atom. The second-order valence-electron chi connectivity index (χ2n) is 16.9. The molecule has 286 valence electrons. The number of rotatable bonds is 14. The second kappa shape index (κ2) is 16.3. The molecule has 0 aromatic heterocycles. The number of amides is 2. The number of aliphatic hydroxyl groups is 1. The van der Waals surface area contributed by atoms with Gasteiger partial charge in [-0.2, -0.15) is 5.06 Å². The average Bonchev–Trinajstić information content (AvgIpc) is 3.51. The normalized spacial score (nSPS) is 27.0. The Bertz CT molecular complexity index is 1710.